The molecule has 0 bridgehead atoms. The Balaban J connectivity index is 0.00000306. The molecular weight excluding hydrogens is 457 g/mol. The van der Waals surface area contributed by atoms with E-state index in [4.69, 9.17) is 0 Å². The minimum atomic E-state index is -2.75. The molecule has 9 heteroatoms. The predicted molar refractivity (Wildman–Crippen MR) is 134 cm³/mol. The first kappa shape index (κ1) is 23.9. The Kier molecular flexibility index (Phi) is 8.08. The third-order valence-electron chi connectivity index (χ3n) is 4.60. The van der Waals surface area contributed by atoms with E-state index in [9.17, 15) is 10.1 Å². The number of rotatable bonds is 9. The van der Waals surface area contributed by atoms with Crippen molar-refractivity contribution in [3.63, 3.8) is 0 Å². The summed E-state index contributed by atoms with van der Waals surface area (Å²) in [4.78, 5) is 11.3. The first-order valence-electron chi connectivity index (χ1n) is 10.0. The van der Waals surface area contributed by atoms with Crippen molar-refractivity contribution in [2.24, 2.45) is 0 Å². The monoisotopic (exact) mass is 479 g/mol. The Morgan fingerprint density at radius 2 is 0.909 bits per heavy atom. The molecular formula is C24H23ClN5O2P. The van der Waals surface area contributed by atoms with Gasteiger partial charge in [-0.2, -0.15) is 5.09 Å². The Labute approximate surface area is 199 Å². The van der Waals surface area contributed by atoms with Crippen molar-refractivity contribution in [1.82, 2.24) is 0 Å². The average Bonchev–Trinajstić information content (AvgIpc) is 2.81. The molecule has 4 N–H and O–H groups in total. The highest BCUT2D eigenvalue weighted by atomic mass is 35.5. The topological polar surface area (TPSA) is 91.3 Å². The van der Waals surface area contributed by atoms with Crippen LogP contribution in [-0.2, 0) is 0 Å². The van der Waals surface area contributed by atoms with Gasteiger partial charge in [0, 0.05) is 6.07 Å². The van der Waals surface area contributed by atoms with Crippen molar-refractivity contribution in [2.45, 2.75) is 0 Å². The first-order valence-corrected chi connectivity index (χ1v) is 11.8. The van der Waals surface area contributed by atoms with Gasteiger partial charge in [-0.25, -0.2) is 15.3 Å². The van der Waals surface area contributed by atoms with E-state index in [1.165, 1.54) is 6.07 Å². The van der Waals surface area contributed by atoms with Crippen LogP contribution in [0.5, 0.6) is 0 Å². The zero-order valence-corrected chi connectivity index (χ0v) is 19.2. The lowest BCUT2D eigenvalue weighted by Gasteiger charge is -2.29. The molecule has 0 spiro atoms. The number of halogens is 1. The molecule has 0 unspecified atom stereocenters. The molecule has 168 valence electrons. The van der Waals surface area contributed by atoms with Crippen LogP contribution in [0.2, 0.25) is 0 Å². The highest BCUT2D eigenvalue weighted by Crippen LogP contribution is 2.57. The van der Waals surface area contributed by atoms with E-state index in [1.54, 1.807) is 18.2 Å². The molecule has 0 saturated heterocycles. The molecule has 0 aliphatic heterocycles. The molecule has 0 atom stereocenters. The lowest BCUT2D eigenvalue weighted by molar-refractivity contribution is -0.383. The van der Waals surface area contributed by atoms with Crippen LogP contribution in [0.15, 0.2) is 115 Å². The summed E-state index contributed by atoms with van der Waals surface area (Å²) in [6.45, 7) is 0. The van der Waals surface area contributed by atoms with Crippen LogP contribution >= 0.6 is 7.87 Å². The van der Waals surface area contributed by atoms with Crippen molar-refractivity contribution < 1.29 is 17.3 Å². The fraction of sp³-hybridized carbons (Fsp3) is 0. The number of anilines is 4. The van der Waals surface area contributed by atoms with Gasteiger partial charge in [-0.05, 0) is 42.5 Å². The quantitative estimate of drug-likeness (QED) is 0.165. The molecule has 0 radical (unpaired) electrons. The van der Waals surface area contributed by atoms with Crippen LogP contribution < -0.4 is 32.8 Å². The van der Waals surface area contributed by atoms with E-state index in [0.29, 0.717) is 5.69 Å². The van der Waals surface area contributed by atoms with E-state index in [2.05, 4.69) is 20.3 Å². The number of para-hydroxylation sites is 5. The molecule has 0 aromatic heterocycles. The Bertz CT molecular complexity index is 1070. The number of hydrogen-bond donors (Lipinski definition) is 4. The van der Waals surface area contributed by atoms with Crippen LogP contribution in [0.4, 0.5) is 28.4 Å². The molecule has 0 heterocycles. The normalized spacial score (nSPS) is 10.4. The van der Waals surface area contributed by atoms with Crippen LogP contribution in [0.1, 0.15) is 0 Å². The smallest absolute Gasteiger partial charge is 0.395 e. The van der Waals surface area contributed by atoms with Gasteiger partial charge in [0.1, 0.15) is 0 Å². The number of nitrogens with zero attached hydrogens (tertiary/aromatic N) is 1. The zero-order valence-electron chi connectivity index (χ0n) is 17.6. The highest BCUT2D eigenvalue weighted by molar-refractivity contribution is 7.81. The van der Waals surface area contributed by atoms with Crippen molar-refractivity contribution >= 4 is 36.3 Å². The SMILES string of the molecule is O=[N+]([O-])c1ccccc1N[P+](Nc1ccccc1)(Nc1ccccc1)Nc1ccccc1.[Cl-]. The van der Waals surface area contributed by atoms with Gasteiger partial charge in [-0.1, -0.05) is 66.7 Å². The summed E-state index contributed by atoms with van der Waals surface area (Å²) in [6.07, 6.45) is 0. The summed E-state index contributed by atoms with van der Waals surface area (Å²) in [5.74, 6) is 0. The Hall–Kier alpha value is -3.80. The van der Waals surface area contributed by atoms with Crippen LogP contribution in [0, 0.1) is 10.1 Å². The molecule has 4 aromatic rings. The fourth-order valence-corrected chi connectivity index (χ4v) is 5.69. The maximum absolute atomic E-state index is 11.7. The summed E-state index contributed by atoms with van der Waals surface area (Å²) in [6, 6.07) is 35.8. The first-order chi connectivity index (χ1) is 15.6. The van der Waals surface area contributed by atoms with E-state index < -0.39 is 7.87 Å². The van der Waals surface area contributed by atoms with Crippen molar-refractivity contribution in [3.8, 4) is 0 Å². The molecule has 0 aliphatic carbocycles. The molecule has 4 rings (SSSR count). The molecule has 0 amide bonds. The molecule has 33 heavy (non-hydrogen) atoms. The van der Waals surface area contributed by atoms with Crippen molar-refractivity contribution in [3.05, 3.63) is 125 Å². The second kappa shape index (κ2) is 11.2. The van der Waals surface area contributed by atoms with Gasteiger partial charge >= 0.3 is 7.87 Å². The van der Waals surface area contributed by atoms with Gasteiger partial charge in [0.25, 0.3) is 5.69 Å². The lowest BCUT2D eigenvalue weighted by Crippen LogP contribution is -3.00. The largest absolute Gasteiger partial charge is 1.00 e. The Morgan fingerprint density at radius 1 is 0.545 bits per heavy atom. The summed E-state index contributed by atoms with van der Waals surface area (Å²) < 4.78 is 0. The summed E-state index contributed by atoms with van der Waals surface area (Å²) >= 11 is 0. The van der Waals surface area contributed by atoms with Gasteiger partial charge < -0.3 is 12.4 Å². The maximum atomic E-state index is 11.7. The van der Waals surface area contributed by atoms with E-state index in [0.717, 1.165) is 17.1 Å². The molecule has 4 aromatic carbocycles. The second-order valence-corrected chi connectivity index (χ2v) is 9.23. The van der Waals surface area contributed by atoms with Crippen LogP contribution in [0.3, 0.4) is 0 Å². The number of nitro groups is 1. The molecule has 7 nitrogen and oxygen atoms in total. The standard InChI is InChI=1S/C24H23N5O2P.ClH/c30-29(31)24-19-11-10-18-23(24)28-32(25-20-12-4-1-5-13-20,26-21-14-6-2-7-15-21)27-22-16-8-3-9-17-22;/h1-19,25-28H;1H/q+1;/p-1. The minimum absolute atomic E-state index is 0. The lowest BCUT2D eigenvalue weighted by atomic mass is 10.3. The third kappa shape index (κ3) is 6.35. The summed E-state index contributed by atoms with van der Waals surface area (Å²) in [7, 11) is -2.75. The molecule has 0 fully saturated rings. The van der Waals surface area contributed by atoms with Gasteiger partial charge in [0.05, 0.1) is 22.0 Å². The van der Waals surface area contributed by atoms with Gasteiger partial charge in [0.15, 0.2) is 5.69 Å². The minimum Gasteiger partial charge on any atom is -1.00 e. The number of hydrogen-bond acceptors (Lipinski definition) is 6. The number of benzene rings is 4. The fourth-order valence-electron chi connectivity index (χ4n) is 3.19. The number of nitro benzene ring substituents is 1. The van der Waals surface area contributed by atoms with Crippen LogP contribution in [-0.4, -0.2) is 4.92 Å². The van der Waals surface area contributed by atoms with Gasteiger partial charge in [-0.15, -0.1) is 0 Å². The number of nitrogens with one attached hydrogen (secondary N) is 4. The summed E-state index contributed by atoms with van der Waals surface area (Å²) in [5, 5.41) is 25.8. The predicted octanol–water partition coefficient (Wildman–Crippen LogP) is 4.02. The zero-order chi connectivity index (χ0) is 22.2. The second-order valence-electron chi connectivity index (χ2n) is 6.99. The van der Waals surface area contributed by atoms with Crippen LogP contribution in [0.25, 0.3) is 0 Å². The maximum Gasteiger partial charge on any atom is 0.395 e. The van der Waals surface area contributed by atoms with Gasteiger partial charge in [0.2, 0.25) is 0 Å². The van der Waals surface area contributed by atoms with Crippen molar-refractivity contribution in [1.29, 1.82) is 0 Å². The molecule has 0 aliphatic rings. The van der Waals surface area contributed by atoms with E-state index in [1.807, 2.05) is 91.0 Å². The van der Waals surface area contributed by atoms with Gasteiger partial charge in [-0.3, -0.25) is 10.1 Å². The third-order valence-corrected chi connectivity index (χ3v) is 6.96. The average molecular weight is 480 g/mol. The highest BCUT2D eigenvalue weighted by Gasteiger charge is 2.42. The van der Waals surface area contributed by atoms with E-state index in [-0.39, 0.29) is 23.0 Å². The molecule has 0 saturated carbocycles. The van der Waals surface area contributed by atoms with Crippen molar-refractivity contribution in [2.75, 3.05) is 20.3 Å². The van der Waals surface area contributed by atoms with E-state index >= 15 is 0 Å². The Morgan fingerprint density at radius 3 is 1.30 bits per heavy atom. The summed E-state index contributed by atoms with van der Waals surface area (Å²) in [5.41, 5.74) is 2.98.